The van der Waals surface area contributed by atoms with Crippen LogP contribution < -0.4 is 10.1 Å². The molecule has 38 heavy (non-hydrogen) atoms. The van der Waals surface area contributed by atoms with Gasteiger partial charge < -0.3 is 15.2 Å². The van der Waals surface area contributed by atoms with E-state index in [2.05, 4.69) is 16.3 Å². The van der Waals surface area contributed by atoms with Crippen molar-refractivity contribution < 1.29 is 19.4 Å². The average Bonchev–Trinajstić information content (AvgIpc) is 3.37. The van der Waals surface area contributed by atoms with Gasteiger partial charge in [-0.15, -0.1) is 0 Å². The third-order valence-electron chi connectivity index (χ3n) is 7.05. The molecule has 1 fully saturated rings. The quantitative estimate of drug-likeness (QED) is 0.314. The number of ether oxygens (including phenoxy) is 1. The second-order valence-electron chi connectivity index (χ2n) is 9.73. The number of likely N-dealkylation sites (tertiary alicyclic amines) is 1. The van der Waals surface area contributed by atoms with E-state index in [1.165, 1.54) is 0 Å². The summed E-state index contributed by atoms with van der Waals surface area (Å²) in [6.45, 7) is 4.43. The first kappa shape index (κ1) is 27.7. The molecule has 1 saturated heterocycles. The zero-order valence-corrected chi connectivity index (χ0v) is 22.9. The maximum atomic E-state index is 13.3. The first-order valence-electron chi connectivity index (χ1n) is 13.1. The Kier molecular flexibility index (Phi) is 9.85. The number of aliphatic carboxylic acids is 1. The molecule has 7 heteroatoms. The van der Waals surface area contributed by atoms with Crippen LogP contribution in [0.1, 0.15) is 40.7 Å². The van der Waals surface area contributed by atoms with Crippen LogP contribution in [0.15, 0.2) is 72.8 Å². The molecule has 6 nitrogen and oxygen atoms in total. The standard InChI is InChI=1S/C31H36N2O4S/c1-22-9-6-7-13-26(22)28-19-23(14-15-27(28)30(34)32-29(31(35)36)16-18-38-2)20-33-17-8-10-24(33)21-37-25-11-4-3-5-12-25/h3-7,9,11-15,19,24,29H,8,10,16-18,20-21H2,1-2H3,(H,32,34)(H,35,36). The lowest BCUT2D eigenvalue weighted by Crippen LogP contribution is -2.41. The number of carbonyl (C=O) groups excluding carboxylic acids is 1. The summed E-state index contributed by atoms with van der Waals surface area (Å²) >= 11 is 1.56. The van der Waals surface area contributed by atoms with Gasteiger partial charge in [0.2, 0.25) is 0 Å². The molecule has 2 atom stereocenters. The summed E-state index contributed by atoms with van der Waals surface area (Å²) in [5.74, 6) is 0.165. The SMILES string of the molecule is CSCCC(NC(=O)c1ccc(CN2CCCC2COc2ccccc2)cc1-c1ccccc1C)C(=O)O. The van der Waals surface area contributed by atoms with Gasteiger partial charge in [-0.05, 0) is 91.3 Å². The highest BCUT2D eigenvalue weighted by Crippen LogP contribution is 2.30. The fourth-order valence-electron chi connectivity index (χ4n) is 4.95. The Balaban J connectivity index is 1.56. The molecule has 0 saturated carbocycles. The van der Waals surface area contributed by atoms with Gasteiger partial charge in [0.25, 0.3) is 5.91 Å². The molecule has 1 aliphatic rings. The largest absolute Gasteiger partial charge is 0.492 e. The van der Waals surface area contributed by atoms with Gasteiger partial charge in [0.1, 0.15) is 18.4 Å². The highest BCUT2D eigenvalue weighted by atomic mass is 32.2. The summed E-state index contributed by atoms with van der Waals surface area (Å²) in [7, 11) is 0. The number of carbonyl (C=O) groups is 2. The summed E-state index contributed by atoms with van der Waals surface area (Å²) in [4.78, 5) is 27.6. The Hall–Kier alpha value is -3.29. The van der Waals surface area contributed by atoms with Gasteiger partial charge >= 0.3 is 5.97 Å². The van der Waals surface area contributed by atoms with E-state index in [0.29, 0.717) is 30.4 Å². The van der Waals surface area contributed by atoms with Crippen LogP contribution >= 0.6 is 11.8 Å². The second kappa shape index (κ2) is 13.5. The Morgan fingerprint density at radius 3 is 2.58 bits per heavy atom. The zero-order chi connectivity index (χ0) is 26.9. The van der Waals surface area contributed by atoms with Gasteiger partial charge in [0, 0.05) is 18.2 Å². The van der Waals surface area contributed by atoms with E-state index in [9.17, 15) is 14.7 Å². The van der Waals surface area contributed by atoms with E-state index in [4.69, 9.17) is 4.74 Å². The van der Waals surface area contributed by atoms with Crippen molar-refractivity contribution in [1.82, 2.24) is 10.2 Å². The van der Waals surface area contributed by atoms with E-state index in [1.807, 2.05) is 79.9 Å². The van der Waals surface area contributed by atoms with Gasteiger partial charge in [0.05, 0.1) is 0 Å². The Morgan fingerprint density at radius 1 is 1.08 bits per heavy atom. The highest BCUT2D eigenvalue weighted by molar-refractivity contribution is 7.98. The smallest absolute Gasteiger partial charge is 0.326 e. The number of aryl methyl sites for hydroxylation is 1. The molecular formula is C31H36N2O4S. The van der Waals surface area contributed by atoms with Crippen molar-refractivity contribution in [3.8, 4) is 16.9 Å². The number of carboxylic acid groups (broad SMARTS) is 1. The highest BCUT2D eigenvalue weighted by Gasteiger charge is 2.26. The Labute approximate surface area is 229 Å². The van der Waals surface area contributed by atoms with Gasteiger partial charge in [-0.1, -0.05) is 48.5 Å². The molecular weight excluding hydrogens is 496 g/mol. The summed E-state index contributed by atoms with van der Waals surface area (Å²) in [6.07, 6.45) is 4.51. The van der Waals surface area contributed by atoms with Crippen LogP contribution in [0.25, 0.3) is 11.1 Å². The predicted octanol–water partition coefficient (Wildman–Crippen LogP) is 5.64. The van der Waals surface area contributed by atoms with Crippen LogP contribution in [0.2, 0.25) is 0 Å². The average molecular weight is 533 g/mol. The first-order chi connectivity index (χ1) is 18.5. The van der Waals surface area contributed by atoms with Crippen molar-refractivity contribution in [2.45, 2.75) is 44.8 Å². The lowest BCUT2D eigenvalue weighted by Gasteiger charge is -2.25. The third kappa shape index (κ3) is 7.17. The van der Waals surface area contributed by atoms with Crippen molar-refractivity contribution in [2.24, 2.45) is 0 Å². The summed E-state index contributed by atoms with van der Waals surface area (Å²) in [5, 5.41) is 12.4. The molecule has 3 aromatic carbocycles. The van der Waals surface area contributed by atoms with Crippen LogP contribution in [0.4, 0.5) is 0 Å². The third-order valence-corrected chi connectivity index (χ3v) is 7.69. The minimum Gasteiger partial charge on any atom is -0.492 e. The number of benzene rings is 3. The summed E-state index contributed by atoms with van der Waals surface area (Å²) in [6, 6.07) is 23.2. The monoisotopic (exact) mass is 532 g/mol. The van der Waals surface area contributed by atoms with Gasteiger partial charge in [0.15, 0.2) is 0 Å². The van der Waals surface area contributed by atoms with E-state index >= 15 is 0 Å². The molecule has 2 N–H and O–H groups in total. The topological polar surface area (TPSA) is 78.9 Å². The molecule has 1 heterocycles. The first-order valence-corrected chi connectivity index (χ1v) is 14.5. The molecule has 200 valence electrons. The Morgan fingerprint density at radius 2 is 1.84 bits per heavy atom. The molecule has 1 amide bonds. The van der Waals surface area contributed by atoms with Crippen molar-refractivity contribution in [1.29, 1.82) is 0 Å². The number of nitrogens with zero attached hydrogens (tertiary/aromatic N) is 1. The number of hydrogen-bond donors (Lipinski definition) is 2. The van der Waals surface area contributed by atoms with Crippen LogP contribution in [0.3, 0.4) is 0 Å². The van der Waals surface area contributed by atoms with Crippen molar-refractivity contribution in [3.05, 3.63) is 89.5 Å². The fourth-order valence-corrected chi connectivity index (χ4v) is 5.42. The maximum absolute atomic E-state index is 13.3. The van der Waals surface area contributed by atoms with Gasteiger partial charge in [-0.25, -0.2) is 4.79 Å². The van der Waals surface area contributed by atoms with E-state index < -0.39 is 12.0 Å². The van der Waals surface area contributed by atoms with Crippen LogP contribution in [-0.4, -0.2) is 59.1 Å². The molecule has 0 radical (unpaired) electrons. The van der Waals surface area contributed by atoms with Gasteiger partial charge in [-0.3, -0.25) is 9.69 Å². The fraction of sp³-hybridized carbons (Fsp3) is 0.355. The maximum Gasteiger partial charge on any atom is 0.326 e. The van der Waals surface area contributed by atoms with Gasteiger partial charge in [-0.2, -0.15) is 11.8 Å². The van der Waals surface area contributed by atoms with Crippen LogP contribution in [0, 0.1) is 6.92 Å². The van der Waals surface area contributed by atoms with E-state index in [1.54, 1.807) is 11.8 Å². The number of hydrogen-bond acceptors (Lipinski definition) is 5. The van der Waals surface area contributed by atoms with E-state index in [-0.39, 0.29) is 5.91 Å². The number of nitrogens with one attached hydrogen (secondary N) is 1. The molecule has 0 spiro atoms. The normalized spacial score (nSPS) is 16.2. The Bertz CT molecular complexity index is 1230. The summed E-state index contributed by atoms with van der Waals surface area (Å²) < 4.78 is 6.06. The second-order valence-corrected chi connectivity index (χ2v) is 10.7. The number of amides is 1. The van der Waals surface area contributed by atoms with Crippen molar-refractivity contribution in [2.75, 3.05) is 25.2 Å². The number of carboxylic acids is 1. The molecule has 4 rings (SSSR count). The van der Waals surface area contributed by atoms with E-state index in [0.717, 1.165) is 53.9 Å². The molecule has 0 aliphatic carbocycles. The molecule has 0 aromatic heterocycles. The predicted molar refractivity (Wildman–Crippen MR) is 154 cm³/mol. The summed E-state index contributed by atoms with van der Waals surface area (Å²) in [5.41, 5.74) is 4.46. The molecule has 1 aliphatic heterocycles. The molecule has 2 unspecified atom stereocenters. The zero-order valence-electron chi connectivity index (χ0n) is 22.1. The van der Waals surface area contributed by atoms with Crippen molar-refractivity contribution >= 4 is 23.6 Å². The van der Waals surface area contributed by atoms with Crippen LogP contribution in [0.5, 0.6) is 5.75 Å². The molecule has 3 aromatic rings. The number of rotatable bonds is 12. The minimum absolute atomic E-state index is 0.327. The van der Waals surface area contributed by atoms with Crippen molar-refractivity contribution in [3.63, 3.8) is 0 Å². The lowest BCUT2D eigenvalue weighted by atomic mass is 9.93. The van der Waals surface area contributed by atoms with Crippen LogP contribution in [-0.2, 0) is 11.3 Å². The number of thioether (sulfide) groups is 1. The lowest BCUT2D eigenvalue weighted by molar-refractivity contribution is -0.139. The molecule has 0 bridgehead atoms. The number of para-hydroxylation sites is 1. The minimum atomic E-state index is -1.01.